The lowest BCUT2D eigenvalue weighted by molar-refractivity contribution is 0.399. The van der Waals surface area contributed by atoms with E-state index in [9.17, 15) is 8.42 Å². The van der Waals surface area contributed by atoms with Gasteiger partial charge in [0.15, 0.2) is 0 Å². The molecule has 1 unspecified atom stereocenters. The molecule has 5 nitrogen and oxygen atoms in total. The van der Waals surface area contributed by atoms with E-state index >= 15 is 0 Å². The first-order chi connectivity index (χ1) is 9.66. The molecule has 0 bridgehead atoms. The first kappa shape index (κ1) is 17.5. The number of hydrogen-bond donors (Lipinski definition) is 1. The van der Waals surface area contributed by atoms with E-state index in [1.165, 1.54) is 4.31 Å². The predicted octanol–water partition coefficient (Wildman–Crippen LogP) is 2.36. The molecule has 21 heavy (non-hydrogen) atoms. The summed E-state index contributed by atoms with van der Waals surface area (Å²) in [4.78, 5) is 0.262. The number of anilines is 1. The van der Waals surface area contributed by atoms with Gasteiger partial charge < -0.3 is 5.73 Å². The third kappa shape index (κ3) is 3.36. The summed E-state index contributed by atoms with van der Waals surface area (Å²) < 4.78 is 27.1. The SMILES string of the molecule is CCN(CC(C)C#N)S(=O)(=O)c1c(C)cc(C)c(N)c1C. The van der Waals surface area contributed by atoms with Crippen LogP contribution in [0.3, 0.4) is 0 Å². The maximum Gasteiger partial charge on any atom is 0.243 e. The molecule has 6 heteroatoms. The highest BCUT2D eigenvalue weighted by Crippen LogP contribution is 2.30. The Morgan fingerprint density at radius 2 is 1.90 bits per heavy atom. The Labute approximate surface area is 127 Å². The predicted molar refractivity (Wildman–Crippen MR) is 84.3 cm³/mol. The third-order valence-electron chi connectivity index (χ3n) is 3.61. The molecular formula is C15H23N3O2S. The summed E-state index contributed by atoms with van der Waals surface area (Å²) in [6.07, 6.45) is 0. The van der Waals surface area contributed by atoms with Crippen molar-refractivity contribution in [3.63, 3.8) is 0 Å². The minimum absolute atomic E-state index is 0.183. The quantitative estimate of drug-likeness (QED) is 0.846. The smallest absolute Gasteiger partial charge is 0.243 e. The lowest BCUT2D eigenvalue weighted by atomic mass is 10.1. The van der Waals surface area contributed by atoms with Crippen molar-refractivity contribution in [3.05, 3.63) is 22.8 Å². The topological polar surface area (TPSA) is 87.2 Å². The van der Waals surface area contributed by atoms with Crippen molar-refractivity contribution >= 4 is 15.7 Å². The van der Waals surface area contributed by atoms with Crippen molar-refractivity contribution in [2.45, 2.75) is 39.5 Å². The van der Waals surface area contributed by atoms with Crippen molar-refractivity contribution in [2.24, 2.45) is 5.92 Å². The van der Waals surface area contributed by atoms with Crippen LogP contribution in [0.15, 0.2) is 11.0 Å². The van der Waals surface area contributed by atoms with Crippen LogP contribution in [0.2, 0.25) is 0 Å². The largest absolute Gasteiger partial charge is 0.398 e. The highest BCUT2D eigenvalue weighted by atomic mass is 32.2. The minimum Gasteiger partial charge on any atom is -0.398 e. The molecule has 1 aromatic rings. The highest BCUT2D eigenvalue weighted by molar-refractivity contribution is 7.89. The van der Waals surface area contributed by atoms with Gasteiger partial charge in [0.05, 0.1) is 16.9 Å². The van der Waals surface area contributed by atoms with Crippen LogP contribution in [0.25, 0.3) is 0 Å². The number of nitriles is 1. The fraction of sp³-hybridized carbons (Fsp3) is 0.533. The Morgan fingerprint density at radius 3 is 2.38 bits per heavy atom. The zero-order valence-electron chi connectivity index (χ0n) is 13.3. The van der Waals surface area contributed by atoms with E-state index in [1.807, 2.05) is 6.92 Å². The second-order valence-corrected chi connectivity index (χ2v) is 7.24. The molecule has 116 valence electrons. The van der Waals surface area contributed by atoms with Gasteiger partial charge in [0.25, 0.3) is 0 Å². The molecule has 1 aromatic carbocycles. The summed E-state index contributed by atoms with van der Waals surface area (Å²) >= 11 is 0. The molecule has 0 aliphatic rings. The Bertz CT molecular complexity index is 675. The van der Waals surface area contributed by atoms with Crippen molar-refractivity contribution in [2.75, 3.05) is 18.8 Å². The van der Waals surface area contributed by atoms with Gasteiger partial charge in [-0.2, -0.15) is 9.57 Å². The van der Waals surface area contributed by atoms with Crippen molar-refractivity contribution < 1.29 is 8.42 Å². The Kier molecular flexibility index (Phi) is 5.37. The number of sulfonamides is 1. The zero-order chi connectivity index (χ0) is 16.4. The summed E-state index contributed by atoms with van der Waals surface area (Å²) in [5.74, 6) is -0.358. The number of hydrogen-bond acceptors (Lipinski definition) is 4. The molecular weight excluding hydrogens is 286 g/mol. The molecule has 0 aliphatic carbocycles. The van der Waals surface area contributed by atoms with Crippen molar-refractivity contribution in [1.82, 2.24) is 4.31 Å². The molecule has 0 fully saturated rings. The molecule has 0 saturated heterocycles. The van der Waals surface area contributed by atoms with Crippen LogP contribution in [0.1, 0.15) is 30.5 Å². The Balaban J connectivity index is 3.44. The van der Waals surface area contributed by atoms with E-state index in [0.29, 0.717) is 23.4 Å². The number of benzene rings is 1. The Hall–Kier alpha value is -1.58. The molecule has 0 spiro atoms. The van der Waals surface area contributed by atoms with E-state index in [4.69, 9.17) is 11.0 Å². The van der Waals surface area contributed by atoms with E-state index < -0.39 is 10.0 Å². The molecule has 0 radical (unpaired) electrons. The summed E-state index contributed by atoms with van der Waals surface area (Å²) in [6.45, 7) is 9.34. The van der Waals surface area contributed by atoms with Gasteiger partial charge in [-0.3, -0.25) is 0 Å². The van der Waals surface area contributed by atoms with Crippen molar-refractivity contribution in [1.29, 1.82) is 5.26 Å². The number of nitrogen functional groups attached to an aromatic ring is 1. The zero-order valence-corrected chi connectivity index (χ0v) is 14.1. The molecule has 0 amide bonds. The second-order valence-electron chi connectivity index (χ2n) is 5.36. The molecule has 1 atom stereocenters. The van der Waals surface area contributed by atoms with Crippen LogP contribution in [-0.4, -0.2) is 25.8 Å². The van der Waals surface area contributed by atoms with Gasteiger partial charge in [-0.25, -0.2) is 8.42 Å². The molecule has 2 N–H and O–H groups in total. The first-order valence-corrected chi connectivity index (χ1v) is 8.36. The van der Waals surface area contributed by atoms with Crippen LogP contribution < -0.4 is 5.73 Å². The van der Waals surface area contributed by atoms with Gasteiger partial charge in [0, 0.05) is 18.8 Å². The summed E-state index contributed by atoms with van der Waals surface area (Å²) in [7, 11) is -3.65. The van der Waals surface area contributed by atoms with E-state index in [0.717, 1.165) is 5.56 Å². The number of nitrogens with zero attached hydrogens (tertiary/aromatic N) is 2. The van der Waals surface area contributed by atoms with Gasteiger partial charge in [-0.1, -0.05) is 13.0 Å². The van der Waals surface area contributed by atoms with Crippen LogP contribution in [0, 0.1) is 38.0 Å². The minimum atomic E-state index is -3.65. The molecule has 0 aliphatic heterocycles. The maximum absolute atomic E-state index is 12.9. The van der Waals surface area contributed by atoms with Crippen LogP contribution in [0.5, 0.6) is 0 Å². The van der Waals surface area contributed by atoms with Crippen LogP contribution in [0.4, 0.5) is 5.69 Å². The van der Waals surface area contributed by atoms with Gasteiger partial charge in [-0.05, 0) is 44.4 Å². The van der Waals surface area contributed by atoms with Gasteiger partial charge in [-0.15, -0.1) is 0 Å². The second kappa shape index (κ2) is 6.46. The maximum atomic E-state index is 12.9. The monoisotopic (exact) mass is 309 g/mol. The fourth-order valence-electron chi connectivity index (χ4n) is 2.45. The number of aryl methyl sites for hydroxylation is 2. The van der Waals surface area contributed by atoms with Gasteiger partial charge in [0.2, 0.25) is 10.0 Å². The number of rotatable bonds is 5. The Morgan fingerprint density at radius 1 is 1.33 bits per heavy atom. The standard InChI is InChI=1S/C15H23N3O2S/c1-6-18(9-10(2)8-16)21(19,20)15-12(4)7-11(3)14(17)13(15)5/h7,10H,6,9,17H2,1-5H3. The van der Waals surface area contributed by atoms with Gasteiger partial charge in [0.1, 0.15) is 0 Å². The lowest BCUT2D eigenvalue weighted by Crippen LogP contribution is -2.35. The average molecular weight is 309 g/mol. The summed E-state index contributed by atoms with van der Waals surface area (Å²) in [5, 5.41) is 8.91. The highest BCUT2D eigenvalue weighted by Gasteiger charge is 2.29. The van der Waals surface area contributed by atoms with E-state index in [2.05, 4.69) is 6.07 Å². The molecule has 0 saturated carbocycles. The molecule has 0 aromatic heterocycles. The molecule has 1 rings (SSSR count). The third-order valence-corrected chi connectivity index (χ3v) is 5.84. The van der Waals surface area contributed by atoms with E-state index in [-0.39, 0.29) is 17.4 Å². The summed E-state index contributed by atoms with van der Waals surface area (Å²) in [5.41, 5.74) is 8.62. The summed E-state index contributed by atoms with van der Waals surface area (Å²) in [6, 6.07) is 3.86. The first-order valence-electron chi connectivity index (χ1n) is 6.92. The lowest BCUT2D eigenvalue weighted by Gasteiger charge is -2.24. The normalized spacial score (nSPS) is 13.2. The number of nitrogens with two attached hydrogens (primary N) is 1. The van der Waals surface area contributed by atoms with Crippen LogP contribution >= 0.6 is 0 Å². The fourth-order valence-corrected chi connectivity index (χ4v) is 4.43. The average Bonchev–Trinajstić information content (AvgIpc) is 2.41. The van der Waals surface area contributed by atoms with Crippen LogP contribution in [-0.2, 0) is 10.0 Å². The molecule has 0 heterocycles. The van der Waals surface area contributed by atoms with E-state index in [1.54, 1.807) is 33.8 Å². The van der Waals surface area contributed by atoms with Gasteiger partial charge >= 0.3 is 0 Å². The van der Waals surface area contributed by atoms with Crippen molar-refractivity contribution in [3.8, 4) is 6.07 Å².